The summed E-state index contributed by atoms with van der Waals surface area (Å²) in [7, 11) is 0. The highest BCUT2D eigenvalue weighted by molar-refractivity contribution is 7.99. The molecule has 1 saturated heterocycles. The van der Waals surface area contributed by atoms with Crippen molar-refractivity contribution in [1.82, 2.24) is 4.90 Å². The van der Waals surface area contributed by atoms with Crippen LogP contribution in [0.3, 0.4) is 0 Å². The van der Waals surface area contributed by atoms with Gasteiger partial charge in [-0.15, -0.1) is 11.8 Å². The van der Waals surface area contributed by atoms with Crippen molar-refractivity contribution in [2.75, 3.05) is 30.3 Å². The fourth-order valence-electron chi connectivity index (χ4n) is 2.84. The molecule has 0 saturated carbocycles. The predicted octanol–water partition coefficient (Wildman–Crippen LogP) is 3.85. The summed E-state index contributed by atoms with van der Waals surface area (Å²) >= 11 is 0.664. The molecule has 0 spiro atoms. The van der Waals surface area contributed by atoms with Crippen molar-refractivity contribution in [3.8, 4) is 0 Å². The third kappa shape index (κ3) is 4.55. The molecule has 2 rings (SSSR count). The van der Waals surface area contributed by atoms with Gasteiger partial charge in [0.05, 0.1) is 11.4 Å². The first kappa shape index (κ1) is 18.9. The van der Waals surface area contributed by atoms with Gasteiger partial charge >= 0.3 is 6.18 Å². The van der Waals surface area contributed by atoms with Gasteiger partial charge in [0, 0.05) is 37.5 Å². The molecule has 1 fully saturated rings. The highest BCUT2D eigenvalue weighted by Crippen LogP contribution is 2.34. The van der Waals surface area contributed by atoms with Crippen molar-refractivity contribution >= 4 is 23.4 Å². The van der Waals surface area contributed by atoms with E-state index in [1.807, 2.05) is 6.92 Å². The van der Waals surface area contributed by atoms with Crippen molar-refractivity contribution < 1.29 is 22.4 Å². The summed E-state index contributed by atoms with van der Waals surface area (Å²) in [6.07, 6.45) is -4.27. The maximum Gasteiger partial charge on any atom is 0.398 e. The summed E-state index contributed by atoms with van der Waals surface area (Å²) in [6, 6.07) is 2.68. The zero-order valence-corrected chi connectivity index (χ0v) is 14.6. The fraction of sp³-hybridized carbons (Fsp3) is 0.562. The van der Waals surface area contributed by atoms with Crippen LogP contribution >= 0.6 is 11.8 Å². The SMILES string of the molecule is CC(=O)N1CCN(c2cc(SCC(F)(F)F)c(C)cc2F)CC1C. The van der Waals surface area contributed by atoms with Gasteiger partial charge in [-0.3, -0.25) is 4.79 Å². The van der Waals surface area contributed by atoms with Crippen LogP contribution in [-0.4, -0.2) is 48.4 Å². The van der Waals surface area contributed by atoms with Crippen LogP contribution in [-0.2, 0) is 4.79 Å². The van der Waals surface area contributed by atoms with Crippen molar-refractivity contribution in [3.05, 3.63) is 23.5 Å². The molecule has 3 nitrogen and oxygen atoms in total. The number of benzene rings is 1. The molecule has 1 amide bonds. The molecule has 0 bridgehead atoms. The monoisotopic (exact) mass is 364 g/mol. The molecule has 24 heavy (non-hydrogen) atoms. The molecular weight excluding hydrogens is 344 g/mol. The van der Waals surface area contributed by atoms with E-state index in [1.54, 1.807) is 16.7 Å². The molecule has 1 aliphatic heterocycles. The number of carbonyl (C=O) groups is 1. The van der Waals surface area contributed by atoms with Crippen LogP contribution in [0, 0.1) is 12.7 Å². The number of thioether (sulfide) groups is 1. The van der Waals surface area contributed by atoms with Crippen LogP contribution < -0.4 is 4.90 Å². The number of hydrogen-bond acceptors (Lipinski definition) is 3. The molecule has 0 radical (unpaired) electrons. The number of halogens is 4. The number of amides is 1. The average molecular weight is 364 g/mol. The normalized spacial score (nSPS) is 18.9. The van der Waals surface area contributed by atoms with E-state index in [-0.39, 0.29) is 11.9 Å². The first-order valence-corrected chi connectivity index (χ1v) is 8.59. The lowest BCUT2D eigenvalue weighted by atomic mass is 10.1. The van der Waals surface area contributed by atoms with Gasteiger partial charge in [-0.05, 0) is 31.5 Å². The predicted molar refractivity (Wildman–Crippen MR) is 87.0 cm³/mol. The fourth-order valence-corrected chi connectivity index (χ4v) is 3.64. The second-order valence-electron chi connectivity index (χ2n) is 5.98. The lowest BCUT2D eigenvalue weighted by Crippen LogP contribution is -2.53. The van der Waals surface area contributed by atoms with Gasteiger partial charge in [-0.25, -0.2) is 4.39 Å². The minimum atomic E-state index is -4.27. The standard InChI is InChI=1S/C16H20F4N2OS/c1-10-6-13(17)14(7-15(10)24-9-16(18,19)20)21-4-5-22(12(3)23)11(2)8-21/h6-7,11H,4-5,8-9H2,1-3H3. The highest BCUT2D eigenvalue weighted by Gasteiger charge is 2.29. The van der Waals surface area contributed by atoms with E-state index in [9.17, 15) is 22.4 Å². The van der Waals surface area contributed by atoms with E-state index >= 15 is 0 Å². The van der Waals surface area contributed by atoms with Crippen molar-refractivity contribution in [2.24, 2.45) is 0 Å². The van der Waals surface area contributed by atoms with E-state index in [2.05, 4.69) is 0 Å². The number of piperazine rings is 1. The number of carbonyl (C=O) groups excluding carboxylic acids is 1. The molecule has 1 aromatic rings. The Morgan fingerprint density at radius 2 is 2.00 bits per heavy atom. The van der Waals surface area contributed by atoms with Gasteiger partial charge in [-0.2, -0.15) is 13.2 Å². The number of hydrogen-bond donors (Lipinski definition) is 0. The van der Waals surface area contributed by atoms with Crippen LogP contribution in [0.15, 0.2) is 17.0 Å². The summed E-state index contributed by atoms with van der Waals surface area (Å²) in [5.74, 6) is -1.49. The molecule has 8 heteroatoms. The molecule has 1 unspecified atom stereocenters. The number of nitrogens with zero attached hydrogens (tertiary/aromatic N) is 2. The Hall–Kier alpha value is -1.44. The van der Waals surface area contributed by atoms with Crippen molar-refractivity contribution in [1.29, 1.82) is 0 Å². The maximum absolute atomic E-state index is 14.3. The topological polar surface area (TPSA) is 23.6 Å². The van der Waals surface area contributed by atoms with Crippen LogP contribution in [0.25, 0.3) is 0 Å². The molecular formula is C16H20F4N2OS. The quantitative estimate of drug-likeness (QED) is 0.601. The van der Waals surface area contributed by atoms with Gasteiger partial charge in [0.15, 0.2) is 0 Å². The van der Waals surface area contributed by atoms with Crippen molar-refractivity contribution in [2.45, 2.75) is 37.9 Å². The third-order valence-corrected chi connectivity index (χ3v) is 5.23. The first-order valence-electron chi connectivity index (χ1n) is 7.60. The molecule has 0 N–H and O–H groups in total. The Kier molecular flexibility index (Phi) is 5.67. The maximum atomic E-state index is 14.3. The van der Waals surface area contributed by atoms with Crippen molar-refractivity contribution in [3.63, 3.8) is 0 Å². The van der Waals surface area contributed by atoms with E-state index in [0.29, 0.717) is 47.5 Å². The first-order chi connectivity index (χ1) is 11.1. The molecule has 134 valence electrons. The van der Waals surface area contributed by atoms with Gasteiger partial charge in [-0.1, -0.05) is 0 Å². The van der Waals surface area contributed by atoms with Gasteiger partial charge in [0.2, 0.25) is 5.91 Å². The minimum absolute atomic E-state index is 0.0343. The number of anilines is 1. The van der Waals surface area contributed by atoms with E-state index in [1.165, 1.54) is 19.1 Å². The summed E-state index contributed by atoms with van der Waals surface area (Å²) in [4.78, 5) is 15.4. The Balaban J connectivity index is 2.20. The van der Waals surface area contributed by atoms with Crippen LogP contribution in [0.1, 0.15) is 19.4 Å². The Morgan fingerprint density at radius 1 is 1.33 bits per heavy atom. The highest BCUT2D eigenvalue weighted by atomic mass is 32.2. The third-order valence-electron chi connectivity index (χ3n) is 4.01. The van der Waals surface area contributed by atoms with Gasteiger partial charge < -0.3 is 9.80 Å². The molecule has 1 aromatic carbocycles. The summed E-state index contributed by atoms with van der Waals surface area (Å²) in [6.45, 7) is 6.33. The van der Waals surface area contributed by atoms with Crippen LogP contribution in [0.5, 0.6) is 0 Å². The number of alkyl halides is 3. The zero-order valence-electron chi connectivity index (χ0n) is 13.8. The van der Waals surface area contributed by atoms with Gasteiger partial charge in [0.1, 0.15) is 5.82 Å². The second-order valence-corrected chi connectivity index (χ2v) is 7.00. The molecule has 0 aromatic heterocycles. The summed E-state index contributed by atoms with van der Waals surface area (Å²) in [5, 5.41) is 0. The smallest absolute Gasteiger partial charge is 0.365 e. The van der Waals surface area contributed by atoms with Gasteiger partial charge in [0.25, 0.3) is 0 Å². The zero-order chi connectivity index (χ0) is 18.1. The van der Waals surface area contributed by atoms with E-state index < -0.39 is 17.7 Å². The molecule has 1 heterocycles. The van der Waals surface area contributed by atoms with E-state index in [4.69, 9.17) is 0 Å². The molecule has 1 aliphatic rings. The summed E-state index contributed by atoms with van der Waals surface area (Å²) in [5.41, 5.74) is 0.779. The second kappa shape index (κ2) is 7.21. The molecule has 0 aliphatic carbocycles. The Bertz CT molecular complexity index is 621. The van der Waals surface area contributed by atoms with E-state index in [0.717, 1.165) is 0 Å². The Labute approximate surface area is 143 Å². The average Bonchev–Trinajstić information content (AvgIpc) is 2.44. The molecule has 1 atom stereocenters. The number of aryl methyl sites for hydroxylation is 1. The summed E-state index contributed by atoms with van der Waals surface area (Å²) < 4.78 is 51.6. The largest absolute Gasteiger partial charge is 0.398 e. The number of rotatable bonds is 3. The van der Waals surface area contributed by atoms with Crippen LogP contribution in [0.4, 0.5) is 23.2 Å². The van der Waals surface area contributed by atoms with Crippen LogP contribution in [0.2, 0.25) is 0 Å². The lowest BCUT2D eigenvalue weighted by Gasteiger charge is -2.40. The Morgan fingerprint density at radius 3 is 2.54 bits per heavy atom. The minimum Gasteiger partial charge on any atom is -0.365 e. The lowest BCUT2D eigenvalue weighted by molar-refractivity contribution is -0.131.